The molecule has 74 valence electrons. The number of rotatable bonds is 1. The van der Waals surface area contributed by atoms with Crippen LogP contribution in [0, 0.1) is 11.3 Å². The molecule has 1 aromatic carbocycles. The van der Waals surface area contributed by atoms with Gasteiger partial charge in [0.1, 0.15) is 0 Å². The maximum absolute atomic E-state index is 8.90. The van der Waals surface area contributed by atoms with Gasteiger partial charge in [0.25, 0.3) is 0 Å². The van der Waals surface area contributed by atoms with Gasteiger partial charge in [-0.2, -0.15) is 5.26 Å². The smallest absolute Gasteiger partial charge is 0.213 e. The summed E-state index contributed by atoms with van der Waals surface area (Å²) in [5, 5.41) is 9.65. The van der Waals surface area contributed by atoms with Crippen LogP contribution < -0.4 is 10.5 Å². The maximum atomic E-state index is 8.90. The zero-order valence-corrected chi connectivity index (χ0v) is 8.19. The lowest BCUT2D eigenvalue weighted by Gasteiger charge is -2.04. The number of benzene rings is 1. The molecule has 2 aromatic rings. The van der Waals surface area contributed by atoms with Crippen LogP contribution in [0.1, 0.15) is 5.56 Å². The number of nitrogen functional groups attached to an aromatic ring is 1. The first kappa shape index (κ1) is 9.28. The highest BCUT2D eigenvalue weighted by atomic mass is 16.5. The van der Waals surface area contributed by atoms with Gasteiger partial charge in [-0.15, -0.1) is 0 Å². The van der Waals surface area contributed by atoms with Crippen LogP contribution in [0.2, 0.25) is 0 Å². The zero-order chi connectivity index (χ0) is 10.8. The van der Waals surface area contributed by atoms with Crippen LogP contribution in [0.5, 0.6) is 5.88 Å². The van der Waals surface area contributed by atoms with E-state index in [2.05, 4.69) is 11.1 Å². The summed E-state index contributed by atoms with van der Waals surface area (Å²) in [5.41, 5.74) is 7.49. The summed E-state index contributed by atoms with van der Waals surface area (Å²) in [6.07, 6.45) is 0. The van der Waals surface area contributed by atoms with E-state index < -0.39 is 0 Å². The van der Waals surface area contributed by atoms with Crippen molar-refractivity contribution in [2.24, 2.45) is 0 Å². The Morgan fingerprint density at radius 3 is 2.80 bits per heavy atom. The molecule has 0 atom stereocenters. The minimum Gasteiger partial charge on any atom is -0.481 e. The lowest BCUT2D eigenvalue weighted by Crippen LogP contribution is -1.94. The number of ether oxygens (including phenoxy) is 1. The quantitative estimate of drug-likeness (QED) is 0.709. The Morgan fingerprint density at radius 1 is 1.33 bits per heavy atom. The molecular formula is C11H9N3O. The molecule has 0 fully saturated rings. The van der Waals surface area contributed by atoms with Crippen molar-refractivity contribution in [1.82, 2.24) is 4.98 Å². The van der Waals surface area contributed by atoms with Gasteiger partial charge in [-0.3, -0.25) is 0 Å². The van der Waals surface area contributed by atoms with E-state index in [1.807, 2.05) is 0 Å². The van der Waals surface area contributed by atoms with Crippen molar-refractivity contribution >= 4 is 16.6 Å². The minimum atomic E-state index is 0.490. The van der Waals surface area contributed by atoms with Crippen LogP contribution in [0.3, 0.4) is 0 Å². The van der Waals surface area contributed by atoms with Crippen molar-refractivity contribution in [3.63, 3.8) is 0 Å². The third-order valence-electron chi connectivity index (χ3n) is 2.19. The molecule has 0 aliphatic rings. The average molecular weight is 199 g/mol. The average Bonchev–Trinajstić information content (AvgIpc) is 2.29. The number of aromatic nitrogens is 1. The minimum absolute atomic E-state index is 0.490. The molecular weight excluding hydrogens is 190 g/mol. The van der Waals surface area contributed by atoms with E-state index in [-0.39, 0.29) is 0 Å². The Labute approximate surface area is 86.9 Å². The molecule has 4 nitrogen and oxygen atoms in total. The lowest BCUT2D eigenvalue weighted by atomic mass is 10.1. The number of anilines is 1. The highest BCUT2D eigenvalue weighted by Crippen LogP contribution is 2.24. The predicted molar refractivity (Wildman–Crippen MR) is 57.4 cm³/mol. The summed E-state index contributed by atoms with van der Waals surface area (Å²) in [6, 6.07) is 8.96. The van der Waals surface area contributed by atoms with Crippen molar-refractivity contribution in [2.45, 2.75) is 0 Å². The van der Waals surface area contributed by atoms with Gasteiger partial charge >= 0.3 is 0 Å². The van der Waals surface area contributed by atoms with E-state index >= 15 is 0 Å². The molecule has 15 heavy (non-hydrogen) atoms. The van der Waals surface area contributed by atoms with Crippen LogP contribution in [-0.4, -0.2) is 12.1 Å². The molecule has 1 aromatic heterocycles. The summed E-state index contributed by atoms with van der Waals surface area (Å²) in [4.78, 5) is 4.20. The number of hydrogen-bond donors (Lipinski definition) is 1. The summed E-state index contributed by atoms with van der Waals surface area (Å²) < 4.78 is 5.00. The highest BCUT2D eigenvalue weighted by molar-refractivity contribution is 5.93. The Kier molecular flexibility index (Phi) is 2.14. The van der Waals surface area contributed by atoms with Gasteiger partial charge in [0, 0.05) is 11.5 Å². The maximum Gasteiger partial charge on any atom is 0.213 e. The molecule has 2 N–H and O–H groups in total. The fourth-order valence-electron chi connectivity index (χ4n) is 1.43. The first-order valence-corrected chi connectivity index (χ1v) is 4.39. The second kappa shape index (κ2) is 3.46. The second-order valence-corrected chi connectivity index (χ2v) is 3.06. The second-order valence-electron chi connectivity index (χ2n) is 3.06. The summed E-state index contributed by atoms with van der Waals surface area (Å²) in [5.74, 6) is 0.490. The highest BCUT2D eigenvalue weighted by Gasteiger charge is 2.06. The molecule has 0 saturated carbocycles. The van der Waals surface area contributed by atoms with Gasteiger partial charge in [-0.05, 0) is 18.2 Å². The van der Waals surface area contributed by atoms with E-state index in [4.69, 9.17) is 15.7 Å². The summed E-state index contributed by atoms with van der Waals surface area (Å²) in [6.45, 7) is 0. The molecule has 2 rings (SSSR count). The van der Waals surface area contributed by atoms with Gasteiger partial charge in [0.2, 0.25) is 5.88 Å². The SMILES string of the molecule is COc1ccc2c(C#N)ccc(N)c2n1. The van der Waals surface area contributed by atoms with Crippen LogP contribution in [-0.2, 0) is 0 Å². The van der Waals surface area contributed by atoms with Crippen molar-refractivity contribution in [3.8, 4) is 11.9 Å². The third kappa shape index (κ3) is 1.44. The summed E-state index contributed by atoms with van der Waals surface area (Å²) >= 11 is 0. The lowest BCUT2D eigenvalue weighted by molar-refractivity contribution is 0.399. The fourth-order valence-corrected chi connectivity index (χ4v) is 1.43. The predicted octanol–water partition coefficient (Wildman–Crippen LogP) is 1.70. The largest absolute Gasteiger partial charge is 0.481 e. The molecule has 0 spiro atoms. The van der Waals surface area contributed by atoms with Gasteiger partial charge in [0.15, 0.2) is 0 Å². The first-order valence-electron chi connectivity index (χ1n) is 4.39. The van der Waals surface area contributed by atoms with E-state index in [9.17, 15) is 0 Å². The van der Waals surface area contributed by atoms with E-state index in [1.54, 1.807) is 31.4 Å². The van der Waals surface area contributed by atoms with Crippen molar-refractivity contribution in [2.75, 3.05) is 12.8 Å². The molecule has 0 aliphatic carbocycles. The van der Waals surface area contributed by atoms with Crippen molar-refractivity contribution in [1.29, 1.82) is 5.26 Å². The Balaban J connectivity index is 2.83. The topological polar surface area (TPSA) is 71.9 Å². The normalized spacial score (nSPS) is 9.87. The Morgan fingerprint density at radius 2 is 2.13 bits per heavy atom. The summed E-state index contributed by atoms with van der Waals surface area (Å²) in [7, 11) is 1.54. The molecule has 1 heterocycles. The van der Waals surface area contributed by atoms with Crippen LogP contribution >= 0.6 is 0 Å². The van der Waals surface area contributed by atoms with Crippen molar-refractivity contribution < 1.29 is 4.74 Å². The molecule has 4 heteroatoms. The molecule has 0 bridgehead atoms. The van der Waals surface area contributed by atoms with Crippen LogP contribution in [0.15, 0.2) is 24.3 Å². The van der Waals surface area contributed by atoms with Gasteiger partial charge in [-0.25, -0.2) is 4.98 Å². The van der Waals surface area contributed by atoms with Gasteiger partial charge in [0.05, 0.1) is 29.9 Å². The first-order chi connectivity index (χ1) is 7.26. The van der Waals surface area contributed by atoms with Gasteiger partial charge in [-0.1, -0.05) is 0 Å². The monoisotopic (exact) mass is 199 g/mol. The molecule has 0 saturated heterocycles. The standard InChI is InChI=1S/C11H9N3O/c1-15-10-5-3-8-7(6-12)2-4-9(13)11(8)14-10/h2-5H,13H2,1H3. The molecule has 0 aliphatic heterocycles. The number of hydrogen-bond acceptors (Lipinski definition) is 4. The van der Waals surface area contributed by atoms with Crippen LogP contribution in [0.25, 0.3) is 10.9 Å². The van der Waals surface area contributed by atoms with Crippen LogP contribution in [0.4, 0.5) is 5.69 Å². The number of nitriles is 1. The number of fused-ring (bicyclic) bond motifs is 1. The Bertz CT molecular complexity index is 557. The number of methoxy groups -OCH3 is 1. The molecule has 0 amide bonds. The van der Waals surface area contributed by atoms with Gasteiger partial charge < -0.3 is 10.5 Å². The molecule has 0 radical (unpaired) electrons. The number of nitrogens with two attached hydrogens (primary N) is 1. The van der Waals surface area contributed by atoms with E-state index in [0.717, 1.165) is 5.39 Å². The van der Waals surface area contributed by atoms with E-state index in [1.165, 1.54) is 0 Å². The zero-order valence-electron chi connectivity index (χ0n) is 8.19. The Hall–Kier alpha value is -2.28. The number of nitrogens with zero attached hydrogens (tertiary/aromatic N) is 2. The molecule has 0 unspecified atom stereocenters. The van der Waals surface area contributed by atoms with Crippen molar-refractivity contribution in [3.05, 3.63) is 29.8 Å². The fraction of sp³-hybridized carbons (Fsp3) is 0.0909. The third-order valence-corrected chi connectivity index (χ3v) is 2.19. The van der Waals surface area contributed by atoms with E-state index in [0.29, 0.717) is 22.6 Å². The number of pyridine rings is 1.